The van der Waals surface area contributed by atoms with Gasteiger partial charge in [-0.2, -0.15) is 5.26 Å². The number of aliphatic hydroxyl groups excluding tert-OH is 1. The van der Waals surface area contributed by atoms with Crippen molar-refractivity contribution in [2.24, 2.45) is 0 Å². The summed E-state index contributed by atoms with van der Waals surface area (Å²) in [5.41, 5.74) is 1.52. The largest absolute Gasteiger partial charge is 0.495 e. The number of nitrogens with one attached hydrogen (secondary N) is 1. The van der Waals surface area contributed by atoms with E-state index in [0.717, 1.165) is 22.2 Å². The van der Waals surface area contributed by atoms with Gasteiger partial charge >= 0.3 is 0 Å². The molecule has 2 fully saturated rings. The number of hydrogen-bond donors (Lipinski definition) is 2. The van der Waals surface area contributed by atoms with E-state index >= 15 is 0 Å². The predicted octanol–water partition coefficient (Wildman–Crippen LogP) is 3.50. The Balaban J connectivity index is 1.50. The average molecular weight is 466 g/mol. The van der Waals surface area contributed by atoms with Crippen molar-refractivity contribution in [1.82, 2.24) is 10.2 Å². The average Bonchev–Trinajstić information content (AvgIpc) is 2.82. The summed E-state index contributed by atoms with van der Waals surface area (Å²) in [6.07, 6.45) is 0.935. The molecule has 3 aromatic rings. The maximum Gasteiger partial charge on any atom is 0.159 e. The number of nitriles is 1. The number of ether oxygens (including phenoxy) is 2. The van der Waals surface area contributed by atoms with Gasteiger partial charge in [-0.1, -0.05) is 17.7 Å². The van der Waals surface area contributed by atoms with Crippen LogP contribution in [0.25, 0.3) is 10.8 Å². The minimum Gasteiger partial charge on any atom is -0.495 e. The second-order valence-electron chi connectivity index (χ2n) is 8.44. The Hall–Kier alpha value is -3.12. The molecule has 2 unspecified atom stereocenters. The lowest BCUT2D eigenvalue weighted by Crippen LogP contribution is -2.58. The highest BCUT2D eigenvalue weighted by molar-refractivity contribution is 6.32. The molecule has 0 spiro atoms. The van der Waals surface area contributed by atoms with Crippen LogP contribution < -0.4 is 15.0 Å². The van der Waals surface area contributed by atoms with E-state index in [0.29, 0.717) is 54.8 Å². The van der Waals surface area contributed by atoms with E-state index in [1.54, 1.807) is 13.2 Å². The molecule has 33 heavy (non-hydrogen) atoms. The molecular weight excluding hydrogens is 442 g/mol. The Labute approximate surface area is 196 Å². The monoisotopic (exact) mass is 465 g/mol. The van der Waals surface area contributed by atoms with Crippen LogP contribution in [-0.4, -0.2) is 53.8 Å². The number of morpholine rings is 1. The van der Waals surface area contributed by atoms with Crippen LogP contribution in [0.15, 0.2) is 36.4 Å². The molecule has 2 aliphatic rings. The van der Waals surface area contributed by atoms with Crippen LogP contribution in [-0.2, 0) is 11.3 Å². The number of rotatable bonds is 5. The molecule has 1 aromatic heterocycles. The molecule has 0 aliphatic carbocycles. The van der Waals surface area contributed by atoms with Crippen molar-refractivity contribution >= 4 is 34.0 Å². The summed E-state index contributed by atoms with van der Waals surface area (Å²) in [7, 11) is 1.58. The number of piperidine rings is 1. The first-order chi connectivity index (χ1) is 16.1. The number of anilines is 2. The van der Waals surface area contributed by atoms with Gasteiger partial charge in [0.25, 0.3) is 0 Å². The summed E-state index contributed by atoms with van der Waals surface area (Å²) in [6.45, 7) is 1.58. The van der Waals surface area contributed by atoms with Crippen molar-refractivity contribution in [3.63, 3.8) is 0 Å². The quantitative estimate of drug-likeness (QED) is 0.590. The molecule has 2 aliphatic heterocycles. The number of nitrogens with zero attached hydrogens (tertiary/aromatic N) is 4. The fraction of sp³-hybridized carbons (Fsp3) is 0.375. The minimum absolute atomic E-state index is 0.0425. The van der Waals surface area contributed by atoms with Crippen LogP contribution in [0.3, 0.4) is 0 Å². The topological polar surface area (TPSA) is 104 Å². The van der Waals surface area contributed by atoms with Gasteiger partial charge in [-0.15, -0.1) is 10.2 Å². The molecule has 8 nitrogen and oxygen atoms in total. The Morgan fingerprint density at radius 1 is 1.18 bits per heavy atom. The Bertz CT molecular complexity index is 1220. The third kappa shape index (κ3) is 4.15. The first kappa shape index (κ1) is 21.7. The second kappa shape index (κ2) is 9.02. The molecule has 2 aromatic carbocycles. The first-order valence-electron chi connectivity index (χ1n) is 10.9. The molecule has 2 bridgehead atoms. The zero-order valence-electron chi connectivity index (χ0n) is 18.2. The number of benzene rings is 2. The Kier molecular flexibility index (Phi) is 5.94. The third-order valence-corrected chi connectivity index (χ3v) is 6.60. The summed E-state index contributed by atoms with van der Waals surface area (Å²) >= 11 is 6.26. The lowest BCUT2D eigenvalue weighted by Gasteiger charge is -2.48. The van der Waals surface area contributed by atoms with Gasteiger partial charge in [0, 0.05) is 17.3 Å². The van der Waals surface area contributed by atoms with E-state index in [9.17, 15) is 10.4 Å². The van der Waals surface area contributed by atoms with Gasteiger partial charge in [0.2, 0.25) is 0 Å². The number of halogens is 1. The van der Waals surface area contributed by atoms with Crippen molar-refractivity contribution in [3.05, 3.63) is 52.5 Å². The minimum atomic E-state index is -0.332. The standard InChI is InChI=1S/C24H24ClN5O3/c1-32-22-5-3-15(7-21(22)25)11-27-23-20-6-14(10-26)2-4-19(20)24(29-28-23)30-16-8-18(31)9-17(30)13-33-12-16/h2-7,16-18,31H,8-9,11-13H2,1H3,(H,27,28). The zero-order valence-corrected chi connectivity index (χ0v) is 18.9. The number of aliphatic hydroxyl groups is 1. The molecular formula is C24H24ClN5O3. The summed E-state index contributed by atoms with van der Waals surface area (Å²) in [4.78, 5) is 2.24. The number of aromatic nitrogens is 2. The number of hydrogen-bond acceptors (Lipinski definition) is 8. The highest BCUT2D eigenvalue weighted by Gasteiger charge is 2.40. The highest BCUT2D eigenvalue weighted by Crippen LogP contribution is 2.37. The van der Waals surface area contributed by atoms with Gasteiger partial charge in [0.1, 0.15) is 5.75 Å². The van der Waals surface area contributed by atoms with Crippen LogP contribution in [0.1, 0.15) is 24.0 Å². The van der Waals surface area contributed by atoms with Gasteiger partial charge in [-0.05, 0) is 48.7 Å². The fourth-order valence-electron chi connectivity index (χ4n) is 4.77. The maximum absolute atomic E-state index is 10.3. The first-order valence-corrected chi connectivity index (χ1v) is 11.3. The summed E-state index contributed by atoms with van der Waals surface area (Å²) in [6, 6.07) is 13.5. The summed E-state index contributed by atoms with van der Waals surface area (Å²) < 4.78 is 11.0. The lowest BCUT2D eigenvalue weighted by molar-refractivity contribution is 0.000888. The van der Waals surface area contributed by atoms with Gasteiger partial charge in [-0.25, -0.2) is 0 Å². The van der Waals surface area contributed by atoms with Crippen LogP contribution in [0.4, 0.5) is 11.6 Å². The van der Waals surface area contributed by atoms with Crippen LogP contribution in [0.2, 0.25) is 5.02 Å². The molecule has 0 radical (unpaired) electrons. The van der Waals surface area contributed by atoms with Crippen LogP contribution in [0.5, 0.6) is 5.75 Å². The number of fused-ring (bicyclic) bond motifs is 3. The van der Waals surface area contributed by atoms with E-state index in [1.807, 2.05) is 30.3 Å². The maximum atomic E-state index is 10.3. The summed E-state index contributed by atoms with van der Waals surface area (Å²) in [5, 5.41) is 34.4. The molecule has 9 heteroatoms. The Morgan fingerprint density at radius 3 is 2.67 bits per heavy atom. The molecule has 3 heterocycles. The predicted molar refractivity (Wildman–Crippen MR) is 126 cm³/mol. The van der Waals surface area contributed by atoms with Crippen molar-refractivity contribution in [2.75, 3.05) is 30.5 Å². The van der Waals surface area contributed by atoms with E-state index < -0.39 is 0 Å². The van der Waals surface area contributed by atoms with Crippen LogP contribution in [0, 0.1) is 11.3 Å². The van der Waals surface area contributed by atoms with Gasteiger partial charge in [0.05, 0.1) is 55.2 Å². The van der Waals surface area contributed by atoms with Crippen LogP contribution >= 0.6 is 11.6 Å². The second-order valence-corrected chi connectivity index (χ2v) is 8.85. The number of methoxy groups -OCH3 is 1. The molecule has 2 saturated heterocycles. The highest BCUT2D eigenvalue weighted by atomic mass is 35.5. The SMILES string of the molecule is COc1ccc(CNc2nnc(N3C4COCC3CC(O)C4)c3ccc(C#N)cc23)cc1Cl. The van der Waals surface area contributed by atoms with Crippen molar-refractivity contribution in [2.45, 2.75) is 37.6 Å². The van der Waals surface area contributed by atoms with E-state index in [-0.39, 0.29) is 18.2 Å². The molecule has 2 N–H and O–H groups in total. The van der Waals surface area contributed by atoms with Gasteiger partial charge < -0.3 is 24.8 Å². The lowest BCUT2D eigenvalue weighted by atomic mass is 9.91. The molecule has 5 rings (SSSR count). The zero-order chi connectivity index (χ0) is 22.9. The molecule has 170 valence electrons. The summed E-state index contributed by atoms with van der Waals surface area (Å²) in [5.74, 6) is 1.98. The molecule has 0 amide bonds. The van der Waals surface area contributed by atoms with E-state index in [4.69, 9.17) is 21.1 Å². The van der Waals surface area contributed by atoms with E-state index in [2.05, 4.69) is 26.5 Å². The normalized spacial score (nSPS) is 22.1. The smallest absolute Gasteiger partial charge is 0.159 e. The van der Waals surface area contributed by atoms with E-state index in [1.165, 1.54) is 0 Å². The Morgan fingerprint density at radius 2 is 1.97 bits per heavy atom. The van der Waals surface area contributed by atoms with Gasteiger partial charge in [-0.3, -0.25) is 0 Å². The fourth-order valence-corrected chi connectivity index (χ4v) is 5.05. The van der Waals surface area contributed by atoms with Crippen molar-refractivity contribution in [1.29, 1.82) is 5.26 Å². The van der Waals surface area contributed by atoms with Crippen molar-refractivity contribution in [3.8, 4) is 11.8 Å². The molecule has 2 atom stereocenters. The third-order valence-electron chi connectivity index (χ3n) is 6.31. The molecule has 0 saturated carbocycles. The van der Waals surface area contributed by atoms with Gasteiger partial charge in [0.15, 0.2) is 11.6 Å². The van der Waals surface area contributed by atoms with Crippen molar-refractivity contribution < 1.29 is 14.6 Å².